The first kappa shape index (κ1) is 114. The van der Waals surface area contributed by atoms with Gasteiger partial charge in [-0.3, -0.25) is 0 Å². The van der Waals surface area contributed by atoms with Crippen molar-refractivity contribution >= 4 is 44.0 Å². The number of rotatable bonds is 0. The number of hydrogen-bond donors (Lipinski definition) is 3. The average molecular weight is 2470 g/mol. The van der Waals surface area contributed by atoms with E-state index in [1.54, 1.807) is 6.20 Å². The zero-order valence-corrected chi connectivity index (χ0v) is 87.5. The summed E-state index contributed by atoms with van der Waals surface area (Å²) < 4.78 is 16.0. The predicted molar refractivity (Wildman–Crippen MR) is 426 cm³/mol. The van der Waals surface area contributed by atoms with E-state index in [1.807, 2.05) is 164 Å². The van der Waals surface area contributed by atoms with Crippen LogP contribution in [0, 0.1) is 75.7 Å². The molecule has 0 spiro atoms. The van der Waals surface area contributed by atoms with Crippen molar-refractivity contribution in [1.82, 2.24) is 40.0 Å². The van der Waals surface area contributed by atoms with E-state index in [2.05, 4.69) is 243 Å². The first-order valence-electron chi connectivity index (χ1n) is 35.6. The number of anilines is 2. The Morgan fingerprint density at radius 2 is 0.774 bits per heavy atom. The van der Waals surface area contributed by atoms with E-state index in [9.17, 15) is 0 Å². The molecule has 106 heavy (non-hydrogen) atoms. The minimum absolute atomic E-state index is 0. The van der Waals surface area contributed by atoms with Gasteiger partial charge in [-0.25, -0.2) is 0 Å². The van der Waals surface area contributed by atoms with Crippen LogP contribution in [0.1, 0.15) is 266 Å². The topological polar surface area (TPSA) is 162 Å². The summed E-state index contributed by atoms with van der Waals surface area (Å²) in [7, 11) is 0. The van der Waals surface area contributed by atoms with Crippen LogP contribution in [0.3, 0.4) is 0 Å². The van der Waals surface area contributed by atoms with Crippen LogP contribution in [0.4, 0.5) is 11.4 Å². The fourth-order valence-electron chi connectivity index (χ4n) is 8.40. The van der Waals surface area contributed by atoms with E-state index >= 15 is 0 Å². The monoisotopic (exact) mass is 2460 g/mol. The van der Waals surface area contributed by atoms with Crippen molar-refractivity contribution in [2.75, 3.05) is 36.9 Å². The number of aromatic nitrogens is 8. The van der Waals surface area contributed by atoms with Crippen molar-refractivity contribution < 1.29 is 140 Å². The van der Waals surface area contributed by atoms with Crippen LogP contribution < -0.4 is 20.1 Å². The molecule has 0 fully saturated rings. The molecule has 0 radical (unpaired) electrons. The number of aryl methyl sites for hydroxylation is 2. The molecule has 0 unspecified atom stereocenters. The van der Waals surface area contributed by atoms with Gasteiger partial charge >= 0.3 is 126 Å². The van der Waals surface area contributed by atoms with Crippen LogP contribution >= 0.6 is 0 Å². The molecular weight excluding hydrogens is 2340 g/mol. The molecular formula is C87H128N10O3W6. The van der Waals surface area contributed by atoms with Gasteiger partial charge in [0, 0.05) is 24.6 Å². The number of pyridine rings is 6. The average Bonchev–Trinajstić information content (AvgIpc) is 1.80. The SMILES string of the molecule is CC(C)(C)c1cc2[nH]ccc2[c-]n1.CC(C)(C)c1cc2c([c-]n1)NCCC2.CC(C)(C)c1cc2c([c-]n1)NCCO2.CC(C)(C)c1cc2c([c-]n1)OCCC2.CC(C)(C)c1cc2ccccc2[c-]n1.CC(C)(C)c1cc2oncc2[c-]n1.C[CH-]C.C[CH-]C.C[CH-]C.C[CH-]C.C[CH-]C.C[CH-]C.[W+2].[W+2].[W+2].[W+2].[W+2].[W+2]. The quantitative estimate of drug-likeness (QED) is 0.123. The van der Waals surface area contributed by atoms with Crippen LogP contribution in [0.25, 0.3) is 32.6 Å². The van der Waals surface area contributed by atoms with Crippen molar-refractivity contribution in [1.29, 1.82) is 0 Å². The molecule has 3 N–H and O–H groups in total. The van der Waals surface area contributed by atoms with Gasteiger partial charge in [0.05, 0.1) is 18.8 Å². The van der Waals surface area contributed by atoms with Crippen LogP contribution in [-0.4, -0.2) is 66.3 Å². The van der Waals surface area contributed by atoms with Crippen molar-refractivity contribution in [3.63, 3.8) is 0 Å². The minimum Gasteiger partial charge on any atom is -0.547 e. The number of aromatic amines is 1. The summed E-state index contributed by atoms with van der Waals surface area (Å²) in [4.78, 5) is 29.0. The zero-order valence-electron chi connectivity index (χ0n) is 69.9. The number of ether oxygens (including phenoxy) is 2. The summed E-state index contributed by atoms with van der Waals surface area (Å²) in [5.41, 5.74) is 13.4. The molecule has 19 heteroatoms. The molecule has 0 amide bonds. The zero-order chi connectivity index (χ0) is 75.9. The van der Waals surface area contributed by atoms with E-state index in [0.29, 0.717) is 6.61 Å². The van der Waals surface area contributed by atoms with Gasteiger partial charge in [-0.05, 0) is 111 Å². The van der Waals surface area contributed by atoms with Crippen molar-refractivity contribution in [3.05, 3.63) is 200 Å². The summed E-state index contributed by atoms with van der Waals surface area (Å²) in [6.45, 7) is 66.1. The van der Waals surface area contributed by atoms with Gasteiger partial charge in [-0.2, -0.15) is 83.1 Å². The number of H-pyrrole nitrogens is 1. The Kier molecular flexibility index (Phi) is 62.8. The standard InChI is InChI=1S/C13H14N.C12H17N2.C12H16NO.C11H15N2O.C11H13N2.C10H11N2O.6C3H7.6W/c1-13(2,3)12-8-10-6-4-5-7-11(10)9-14-12;1-12(2,3)11-7-9-5-4-6-13-10(9)8-14-11;1-12(2,3)11-7-9-5-4-6-14-10(9)8-13-11;1-11(2,3)10-6-9-8(7-13-10)12-4-5-14-9;1-11(2,3)10-6-9-8(7-13-10)4-5-12-9;1-10(2,3)9-4-8-7(5-11-9)6-12-13-8;6*1-3-2;;;;;;/h4-8H,1-3H3;7,13H,4-6H2,1-3H3;7H,4-6H2,1-3H3;6,12H,4-5H2,1-3H3;4-6,12H,1-3H3;4,6H,1-3H3;6*3H,1-2H3;;;;;;/q12*-1;6*+2. The van der Waals surface area contributed by atoms with Gasteiger partial charge in [0.15, 0.2) is 0 Å². The summed E-state index contributed by atoms with van der Waals surface area (Å²) >= 11 is 0. The third kappa shape index (κ3) is 44.1. The third-order valence-corrected chi connectivity index (χ3v) is 13.7. The summed E-state index contributed by atoms with van der Waals surface area (Å²) in [5.74, 6) is 1.72. The van der Waals surface area contributed by atoms with Crippen LogP contribution in [0.15, 0.2) is 83.6 Å². The van der Waals surface area contributed by atoms with E-state index < -0.39 is 0 Å². The second-order valence-electron chi connectivity index (χ2n) is 30.7. The van der Waals surface area contributed by atoms with Crippen LogP contribution in [-0.2, 0) is 172 Å². The number of benzene rings is 1. The molecule has 11 heterocycles. The Labute approximate surface area is 731 Å². The molecule has 0 aliphatic carbocycles. The molecule has 3 aliphatic rings. The van der Waals surface area contributed by atoms with Crippen LogP contribution in [0.5, 0.6) is 11.5 Å². The maximum absolute atomic E-state index is 5.53. The number of fused-ring (bicyclic) bond motifs is 6. The minimum atomic E-state index is 0. The molecule has 12 rings (SSSR count). The third-order valence-electron chi connectivity index (χ3n) is 13.7. The first-order chi connectivity index (χ1) is 46.9. The molecule has 9 aromatic rings. The Hall–Kier alpha value is -3.28. The molecule has 1 aromatic carbocycles. The van der Waals surface area contributed by atoms with Gasteiger partial charge in [-0.1, -0.05) is 196 Å². The van der Waals surface area contributed by atoms with Gasteiger partial charge in [0.25, 0.3) is 0 Å². The maximum Gasteiger partial charge on any atom is 2.00 e. The van der Waals surface area contributed by atoms with Crippen molar-refractivity contribution in [2.24, 2.45) is 0 Å². The largest absolute Gasteiger partial charge is 2.00 e. The second kappa shape index (κ2) is 58.6. The van der Waals surface area contributed by atoms with E-state index in [4.69, 9.17) is 14.0 Å². The van der Waals surface area contributed by atoms with Crippen molar-refractivity contribution in [2.45, 2.75) is 266 Å². The predicted octanol–water partition coefficient (Wildman–Crippen LogP) is 22.7. The van der Waals surface area contributed by atoms with E-state index in [-0.39, 0.29) is 159 Å². The molecule has 0 saturated heterocycles. The van der Waals surface area contributed by atoms with Gasteiger partial charge in [0.1, 0.15) is 0 Å². The fourth-order valence-corrected chi connectivity index (χ4v) is 8.40. The molecule has 8 aromatic heterocycles. The smallest absolute Gasteiger partial charge is 0.547 e. The molecule has 580 valence electrons. The summed E-state index contributed by atoms with van der Waals surface area (Å²) in [6, 6.07) is 22.7. The Morgan fingerprint density at radius 1 is 0.377 bits per heavy atom. The summed E-state index contributed by atoms with van der Waals surface area (Å²) in [6.07, 6.45) is 38.2. The fraction of sp³-hybridized carbons (Fsp3) is 0.506. The van der Waals surface area contributed by atoms with E-state index in [0.717, 1.165) is 123 Å². The van der Waals surface area contributed by atoms with E-state index in [1.165, 1.54) is 22.9 Å². The number of hydrogen-bond acceptors (Lipinski definition) is 12. The molecule has 0 atom stereocenters. The van der Waals surface area contributed by atoms with Gasteiger partial charge < -0.3 is 98.0 Å². The number of nitrogens with one attached hydrogen (secondary N) is 3. The van der Waals surface area contributed by atoms with Crippen LogP contribution in [0.2, 0.25) is 0 Å². The first-order valence-corrected chi connectivity index (χ1v) is 35.6. The molecule has 3 aliphatic heterocycles. The Balaban J connectivity index is -0.000000267. The number of nitrogens with zero attached hydrogens (tertiary/aromatic N) is 7. The Morgan fingerprint density at radius 3 is 1.28 bits per heavy atom. The molecule has 0 bridgehead atoms. The summed E-state index contributed by atoms with van der Waals surface area (Å²) in [5, 5.41) is 14.4. The maximum atomic E-state index is 5.53. The molecule has 0 saturated carbocycles. The van der Waals surface area contributed by atoms with Gasteiger partial charge in [-0.15, -0.1) is 81.0 Å². The van der Waals surface area contributed by atoms with Crippen molar-refractivity contribution in [3.8, 4) is 11.5 Å². The normalized spacial score (nSPS) is 11.8. The second-order valence-corrected chi connectivity index (χ2v) is 30.7. The molecule has 13 nitrogen and oxygen atoms in total. The van der Waals surface area contributed by atoms with Gasteiger partial charge in [0.2, 0.25) is 0 Å². The Bertz CT molecular complexity index is 3400.